The third kappa shape index (κ3) is 2.68. The Bertz CT molecular complexity index is 873. The Morgan fingerprint density at radius 1 is 1.21 bits per heavy atom. The summed E-state index contributed by atoms with van der Waals surface area (Å²) < 4.78 is 3.90. The second-order valence-corrected chi connectivity index (χ2v) is 5.99. The molecule has 0 aliphatic carbocycles. The molecule has 0 unspecified atom stereocenters. The molecular weight excluding hydrogens is 302 g/mol. The minimum atomic E-state index is -0.170. The van der Waals surface area contributed by atoms with Crippen molar-refractivity contribution >= 4 is 17.4 Å². The number of carbonyl (C=O) groups excluding carboxylic acids is 1. The van der Waals surface area contributed by atoms with E-state index in [2.05, 4.69) is 29.2 Å². The number of pyridine rings is 1. The first-order valence-electron chi connectivity index (χ1n) is 8.35. The Hall–Kier alpha value is -2.63. The molecule has 3 heterocycles. The summed E-state index contributed by atoms with van der Waals surface area (Å²) in [5, 5.41) is 7.34. The lowest BCUT2D eigenvalue weighted by molar-refractivity contribution is 0.102. The molecule has 0 radical (unpaired) electrons. The Kier molecular flexibility index (Phi) is 4.38. The van der Waals surface area contributed by atoms with Gasteiger partial charge in [-0.3, -0.25) is 9.48 Å². The predicted octanol–water partition coefficient (Wildman–Crippen LogP) is 3.76. The molecule has 6 heteroatoms. The first-order chi connectivity index (χ1) is 11.6. The van der Waals surface area contributed by atoms with E-state index in [-0.39, 0.29) is 5.91 Å². The largest absolute Gasteiger partial charge is 0.305 e. The highest BCUT2D eigenvalue weighted by molar-refractivity contribution is 6.04. The lowest BCUT2D eigenvalue weighted by Gasteiger charge is -2.15. The summed E-state index contributed by atoms with van der Waals surface area (Å²) in [5.41, 5.74) is 3.21. The number of aromatic nitrogens is 4. The summed E-state index contributed by atoms with van der Waals surface area (Å²) in [6.07, 6.45) is 5.56. The minimum absolute atomic E-state index is 0.170. The van der Waals surface area contributed by atoms with Crippen LogP contribution in [0.4, 0.5) is 5.82 Å². The Morgan fingerprint density at radius 2 is 1.96 bits per heavy atom. The second-order valence-electron chi connectivity index (χ2n) is 5.99. The molecule has 0 spiro atoms. The molecule has 0 fully saturated rings. The third-order valence-corrected chi connectivity index (χ3v) is 4.58. The van der Waals surface area contributed by atoms with Crippen molar-refractivity contribution in [2.45, 2.75) is 46.6 Å². The van der Waals surface area contributed by atoms with E-state index in [1.165, 1.54) is 0 Å². The molecule has 0 aliphatic heterocycles. The fourth-order valence-corrected chi connectivity index (χ4v) is 3.06. The number of imidazole rings is 1. The fourth-order valence-electron chi connectivity index (χ4n) is 3.06. The van der Waals surface area contributed by atoms with Crippen LogP contribution in [0, 0.1) is 13.8 Å². The van der Waals surface area contributed by atoms with Gasteiger partial charge < -0.3 is 9.72 Å². The lowest BCUT2D eigenvalue weighted by Crippen LogP contribution is -2.15. The molecule has 0 aliphatic rings. The van der Waals surface area contributed by atoms with Gasteiger partial charge >= 0.3 is 0 Å². The van der Waals surface area contributed by atoms with Crippen LogP contribution in [0.15, 0.2) is 30.6 Å². The molecule has 6 nitrogen and oxygen atoms in total. The number of nitrogens with zero attached hydrogens (tertiary/aromatic N) is 4. The van der Waals surface area contributed by atoms with Crippen LogP contribution in [-0.2, 0) is 0 Å². The number of anilines is 1. The monoisotopic (exact) mass is 325 g/mol. The van der Waals surface area contributed by atoms with E-state index in [1.807, 2.05) is 47.3 Å². The van der Waals surface area contributed by atoms with Crippen LogP contribution >= 0.6 is 0 Å². The van der Waals surface area contributed by atoms with Gasteiger partial charge in [0.05, 0.1) is 23.5 Å². The normalized spacial score (nSPS) is 11.4. The van der Waals surface area contributed by atoms with E-state index >= 15 is 0 Å². The number of carbonyl (C=O) groups is 1. The molecule has 24 heavy (non-hydrogen) atoms. The number of nitrogens with one attached hydrogen (secondary N) is 1. The molecule has 3 aromatic heterocycles. The maximum atomic E-state index is 12.7. The summed E-state index contributed by atoms with van der Waals surface area (Å²) >= 11 is 0. The summed E-state index contributed by atoms with van der Waals surface area (Å²) in [7, 11) is 0. The van der Waals surface area contributed by atoms with E-state index in [4.69, 9.17) is 0 Å². The van der Waals surface area contributed by atoms with Crippen molar-refractivity contribution in [3.8, 4) is 0 Å². The molecule has 0 bridgehead atoms. The molecule has 0 aromatic carbocycles. The standard InChI is InChI=1S/C18H23N5O/c1-5-14(6-2)23-12(3)15(11-19-23)18(24)21-17-13(4)22-10-8-7-9-16(22)20-17/h7-11,14H,5-6H2,1-4H3,(H,21,24). The zero-order chi connectivity index (χ0) is 17.3. The summed E-state index contributed by atoms with van der Waals surface area (Å²) in [5.74, 6) is 0.414. The van der Waals surface area contributed by atoms with Crippen molar-refractivity contribution in [2.75, 3.05) is 5.32 Å². The molecule has 126 valence electrons. The van der Waals surface area contributed by atoms with Crippen LogP contribution in [0.3, 0.4) is 0 Å². The highest BCUT2D eigenvalue weighted by Gasteiger charge is 2.19. The van der Waals surface area contributed by atoms with Crippen LogP contribution < -0.4 is 5.32 Å². The lowest BCUT2D eigenvalue weighted by atomic mass is 10.1. The Labute approximate surface area is 141 Å². The number of rotatable bonds is 5. The van der Waals surface area contributed by atoms with E-state index in [1.54, 1.807) is 6.20 Å². The van der Waals surface area contributed by atoms with Crippen LogP contribution in [0.2, 0.25) is 0 Å². The van der Waals surface area contributed by atoms with E-state index in [0.29, 0.717) is 17.4 Å². The van der Waals surface area contributed by atoms with Crippen LogP contribution in [0.5, 0.6) is 0 Å². The fraction of sp³-hybridized carbons (Fsp3) is 0.389. The van der Waals surface area contributed by atoms with Crippen LogP contribution in [0.1, 0.15) is 54.5 Å². The second kappa shape index (κ2) is 6.47. The number of aryl methyl sites for hydroxylation is 1. The van der Waals surface area contributed by atoms with Gasteiger partial charge in [0.1, 0.15) is 5.65 Å². The summed E-state index contributed by atoms with van der Waals surface area (Å²) in [6, 6.07) is 6.11. The Morgan fingerprint density at radius 3 is 2.62 bits per heavy atom. The highest BCUT2D eigenvalue weighted by Crippen LogP contribution is 2.21. The topological polar surface area (TPSA) is 64.2 Å². The first-order valence-corrected chi connectivity index (χ1v) is 8.35. The van der Waals surface area contributed by atoms with E-state index in [9.17, 15) is 4.79 Å². The predicted molar refractivity (Wildman–Crippen MR) is 94.5 cm³/mol. The molecule has 0 saturated carbocycles. The van der Waals surface area contributed by atoms with Gasteiger partial charge in [0.25, 0.3) is 5.91 Å². The van der Waals surface area contributed by atoms with Crippen molar-refractivity contribution < 1.29 is 4.79 Å². The molecule has 0 atom stereocenters. The molecule has 3 aromatic rings. The van der Waals surface area contributed by atoms with Crippen LogP contribution in [0.25, 0.3) is 5.65 Å². The van der Waals surface area contributed by atoms with Gasteiger partial charge in [0, 0.05) is 11.9 Å². The SMILES string of the molecule is CCC(CC)n1ncc(C(=O)Nc2nc3ccccn3c2C)c1C. The molecule has 0 saturated heterocycles. The number of amides is 1. The number of hydrogen-bond acceptors (Lipinski definition) is 3. The van der Waals surface area contributed by atoms with Gasteiger partial charge in [-0.2, -0.15) is 5.10 Å². The molecule has 3 rings (SSSR count). The Balaban J connectivity index is 1.88. The average molecular weight is 325 g/mol. The quantitative estimate of drug-likeness (QED) is 0.777. The number of fused-ring (bicyclic) bond motifs is 1. The average Bonchev–Trinajstić information content (AvgIpc) is 3.11. The third-order valence-electron chi connectivity index (χ3n) is 4.58. The summed E-state index contributed by atoms with van der Waals surface area (Å²) in [6.45, 7) is 8.15. The van der Waals surface area contributed by atoms with Crippen molar-refractivity contribution in [3.05, 3.63) is 47.5 Å². The molecule has 1 amide bonds. The summed E-state index contributed by atoms with van der Waals surface area (Å²) in [4.78, 5) is 17.1. The van der Waals surface area contributed by atoms with Gasteiger partial charge in [-0.05, 0) is 38.8 Å². The minimum Gasteiger partial charge on any atom is -0.305 e. The molecular formula is C18H23N5O. The van der Waals surface area contributed by atoms with Crippen molar-refractivity contribution in [1.29, 1.82) is 0 Å². The first kappa shape index (κ1) is 16.2. The zero-order valence-electron chi connectivity index (χ0n) is 14.6. The number of hydrogen-bond donors (Lipinski definition) is 1. The van der Waals surface area contributed by atoms with E-state index < -0.39 is 0 Å². The zero-order valence-corrected chi connectivity index (χ0v) is 14.6. The maximum absolute atomic E-state index is 12.7. The van der Waals surface area contributed by atoms with Crippen molar-refractivity contribution in [1.82, 2.24) is 19.2 Å². The maximum Gasteiger partial charge on any atom is 0.260 e. The van der Waals surface area contributed by atoms with Crippen molar-refractivity contribution in [3.63, 3.8) is 0 Å². The van der Waals surface area contributed by atoms with Gasteiger partial charge in [0.2, 0.25) is 0 Å². The van der Waals surface area contributed by atoms with Crippen LogP contribution in [-0.4, -0.2) is 25.1 Å². The van der Waals surface area contributed by atoms with Gasteiger partial charge in [-0.25, -0.2) is 4.98 Å². The highest BCUT2D eigenvalue weighted by atomic mass is 16.1. The smallest absolute Gasteiger partial charge is 0.260 e. The van der Waals surface area contributed by atoms with Gasteiger partial charge in [-0.1, -0.05) is 19.9 Å². The van der Waals surface area contributed by atoms with Gasteiger partial charge in [-0.15, -0.1) is 0 Å². The van der Waals surface area contributed by atoms with Gasteiger partial charge in [0.15, 0.2) is 5.82 Å². The van der Waals surface area contributed by atoms with E-state index in [0.717, 1.165) is 29.9 Å². The molecule has 1 N–H and O–H groups in total. The van der Waals surface area contributed by atoms with Crippen molar-refractivity contribution in [2.24, 2.45) is 0 Å².